The molecule has 0 heterocycles. The van der Waals surface area contributed by atoms with Gasteiger partial charge in [0, 0.05) is 32.2 Å². The molecule has 0 spiro atoms. The number of carbonyl (C=O) groups is 1. The van der Waals surface area contributed by atoms with Gasteiger partial charge in [0.1, 0.15) is 0 Å². The Labute approximate surface area is 97.1 Å². The Morgan fingerprint density at radius 1 is 1.31 bits per heavy atom. The standard InChI is InChI=1S/C12H22N2O2/c1-16-11-4-2-3-10(11)13-8-7-12(15)14-9-5-6-9/h9-11,13H,2-8H2,1H3,(H,14,15). The average molecular weight is 226 g/mol. The molecule has 2 aliphatic rings. The highest BCUT2D eigenvalue weighted by molar-refractivity contribution is 5.76. The van der Waals surface area contributed by atoms with E-state index in [9.17, 15) is 4.79 Å². The summed E-state index contributed by atoms with van der Waals surface area (Å²) < 4.78 is 5.39. The fourth-order valence-corrected chi connectivity index (χ4v) is 2.34. The minimum Gasteiger partial charge on any atom is -0.380 e. The van der Waals surface area contributed by atoms with E-state index >= 15 is 0 Å². The molecule has 2 saturated carbocycles. The summed E-state index contributed by atoms with van der Waals surface area (Å²) in [6.07, 6.45) is 6.78. The Morgan fingerprint density at radius 3 is 2.81 bits per heavy atom. The number of amides is 1. The lowest BCUT2D eigenvalue weighted by Gasteiger charge is -2.19. The molecule has 0 radical (unpaired) electrons. The Bertz CT molecular complexity index is 241. The van der Waals surface area contributed by atoms with Gasteiger partial charge in [0.2, 0.25) is 5.91 Å². The third-order valence-electron chi connectivity index (χ3n) is 3.46. The van der Waals surface area contributed by atoms with E-state index in [-0.39, 0.29) is 5.91 Å². The zero-order valence-corrected chi connectivity index (χ0v) is 10.00. The molecule has 2 unspecified atom stereocenters. The first-order chi connectivity index (χ1) is 7.79. The van der Waals surface area contributed by atoms with E-state index in [1.165, 1.54) is 12.8 Å². The van der Waals surface area contributed by atoms with Crippen molar-refractivity contribution in [2.24, 2.45) is 0 Å². The van der Waals surface area contributed by atoms with Crippen molar-refractivity contribution >= 4 is 5.91 Å². The highest BCUT2D eigenvalue weighted by atomic mass is 16.5. The molecule has 92 valence electrons. The highest BCUT2D eigenvalue weighted by Crippen LogP contribution is 2.21. The van der Waals surface area contributed by atoms with Gasteiger partial charge in [0.15, 0.2) is 0 Å². The molecular formula is C12H22N2O2. The van der Waals surface area contributed by atoms with E-state index in [1.54, 1.807) is 7.11 Å². The van der Waals surface area contributed by atoms with E-state index in [0.717, 1.165) is 25.8 Å². The van der Waals surface area contributed by atoms with Crippen LogP contribution in [0.4, 0.5) is 0 Å². The summed E-state index contributed by atoms with van der Waals surface area (Å²) in [7, 11) is 1.77. The molecule has 0 aromatic rings. The molecule has 2 atom stereocenters. The quantitative estimate of drug-likeness (QED) is 0.705. The van der Waals surface area contributed by atoms with Crippen molar-refractivity contribution in [3.63, 3.8) is 0 Å². The molecule has 16 heavy (non-hydrogen) atoms. The van der Waals surface area contributed by atoms with E-state index in [2.05, 4.69) is 10.6 Å². The second kappa shape index (κ2) is 5.64. The van der Waals surface area contributed by atoms with Gasteiger partial charge in [-0.1, -0.05) is 0 Å². The third-order valence-corrected chi connectivity index (χ3v) is 3.46. The normalized spacial score (nSPS) is 29.3. The van der Waals surface area contributed by atoms with Gasteiger partial charge in [-0.15, -0.1) is 0 Å². The number of methoxy groups -OCH3 is 1. The maximum Gasteiger partial charge on any atom is 0.221 e. The molecule has 4 heteroatoms. The highest BCUT2D eigenvalue weighted by Gasteiger charge is 2.27. The van der Waals surface area contributed by atoms with Crippen LogP contribution in [-0.4, -0.2) is 37.7 Å². The second-order valence-corrected chi connectivity index (χ2v) is 4.86. The number of ether oxygens (including phenoxy) is 1. The van der Waals surface area contributed by atoms with E-state index in [4.69, 9.17) is 4.74 Å². The van der Waals surface area contributed by atoms with Gasteiger partial charge in [-0.2, -0.15) is 0 Å². The lowest BCUT2D eigenvalue weighted by molar-refractivity contribution is -0.121. The monoisotopic (exact) mass is 226 g/mol. The summed E-state index contributed by atoms with van der Waals surface area (Å²) in [6, 6.07) is 0.921. The van der Waals surface area contributed by atoms with Crippen LogP contribution in [-0.2, 0) is 9.53 Å². The number of nitrogens with one attached hydrogen (secondary N) is 2. The van der Waals surface area contributed by atoms with Crippen molar-refractivity contribution in [3.8, 4) is 0 Å². The van der Waals surface area contributed by atoms with Gasteiger partial charge in [0.05, 0.1) is 6.10 Å². The Hall–Kier alpha value is -0.610. The number of hydrogen-bond acceptors (Lipinski definition) is 3. The van der Waals surface area contributed by atoms with Crippen molar-refractivity contribution in [3.05, 3.63) is 0 Å². The first-order valence-corrected chi connectivity index (χ1v) is 6.35. The lowest BCUT2D eigenvalue weighted by atomic mass is 10.2. The SMILES string of the molecule is COC1CCCC1NCCC(=O)NC1CC1. The first kappa shape index (κ1) is 11.9. The zero-order chi connectivity index (χ0) is 11.4. The van der Waals surface area contributed by atoms with Crippen LogP contribution < -0.4 is 10.6 Å². The maximum atomic E-state index is 11.4. The molecule has 0 aromatic heterocycles. The summed E-state index contributed by atoms with van der Waals surface area (Å²) in [5.74, 6) is 0.182. The average Bonchev–Trinajstić information content (AvgIpc) is 2.96. The number of hydrogen-bond donors (Lipinski definition) is 2. The van der Waals surface area contributed by atoms with Crippen molar-refractivity contribution in [2.45, 2.75) is 56.7 Å². The zero-order valence-electron chi connectivity index (χ0n) is 10.00. The van der Waals surface area contributed by atoms with Crippen LogP contribution in [0, 0.1) is 0 Å². The predicted octanol–water partition coefficient (Wildman–Crippen LogP) is 0.812. The van der Waals surface area contributed by atoms with Crippen LogP contribution in [0.2, 0.25) is 0 Å². The van der Waals surface area contributed by atoms with E-state index in [1.807, 2.05) is 0 Å². The molecule has 0 aliphatic heterocycles. The lowest BCUT2D eigenvalue weighted by Crippen LogP contribution is -2.39. The second-order valence-electron chi connectivity index (χ2n) is 4.86. The summed E-state index contributed by atoms with van der Waals surface area (Å²) >= 11 is 0. The molecule has 0 bridgehead atoms. The topological polar surface area (TPSA) is 50.4 Å². The van der Waals surface area contributed by atoms with Gasteiger partial charge >= 0.3 is 0 Å². The van der Waals surface area contributed by atoms with Crippen LogP contribution in [0.15, 0.2) is 0 Å². The minimum atomic E-state index is 0.182. The third kappa shape index (κ3) is 3.46. The van der Waals surface area contributed by atoms with Gasteiger partial charge < -0.3 is 15.4 Å². The number of carbonyl (C=O) groups excluding carboxylic acids is 1. The minimum absolute atomic E-state index is 0.182. The molecule has 2 aliphatic carbocycles. The van der Waals surface area contributed by atoms with Crippen molar-refractivity contribution in [2.75, 3.05) is 13.7 Å². The van der Waals surface area contributed by atoms with Gasteiger partial charge in [0.25, 0.3) is 0 Å². The van der Waals surface area contributed by atoms with Crippen molar-refractivity contribution in [1.82, 2.24) is 10.6 Å². The summed E-state index contributed by atoms with van der Waals surface area (Å²) in [5, 5.41) is 6.42. The molecule has 4 nitrogen and oxygen atoms in total. The fraction of sp³-hybridized carbons (Fsp3) is 0.917. The molecule has 0 aromatic carbocycles. The molecule has 2 fully saturated rings. The van der Waals surface area contributed by atoms with Crippen molar-refractivity contribution < 1.29 is 9.53 Å². The van der Waals surface area contributed by atoms with Gasteiger partial charge in [-0.25, -0.2) is 0 Å². The van der Waals surface area contributed by atoms with Crippen LogP contribution in [0.1, 0.15) is 38.5 Å². The van der Waals surface area contributed by atoms with E-state index < -0.39 is 0 Å². The Morgan fingerprint density at radius 2 is 2.12 bits per heavy atom. The fourth-order valence-electron chi connectivity index (χ4n) is 2.34. The smallest absolute Gasteiger partial charge is 0.221 e. The maximum absolute atomic E-state index is 11.4. The van der Waals surface area contributed by atoms with E-state index in [0.29, 0.717) is 24.6 Å². The molecular weight excluding hydrogens is 204 g/mol. The van der Waals surface area contributed by atoms with Crippen LogP contribution in [0.3, 0.4) is 0 Å². The summed E-state index contributed by atoms with van der Waals surface area (Å²) in [5.41, 5.74) is 0. The first-order valence-electron chi connectivity index (χ1n) is 6.35. The Kier molecular flexibility index (Phi) is 4.18. The Balaban J connectivity index is 1.57. The molecule has 2 N–H and O–H groups in total. The van der Waals surface area contributed by atoms with Crippen LogP contribution in [0.25, 0.3) is 0 Å². The van der Waals surface area contributed by atoms with Crippen molar-refractivity contribution in [1.29, 1.82) is 0 Å². The van der Waals surface area contributed by atoms with Gasteiger partial charge in [-0.05, 0) is 32.1 Å². The van der Waals surface area contributed by atoms with Crippen LogP contribution >= 0.6 is 0 Å². The molecule has 2 rings (SSSR count). The molecule has 1 amide bonds. The van der Waals surface area contributed by atoms with Gasteiger partial charge in [-0.3, -0.25) is 4.79 Å². The summed E-state index contributed by atoms with van der Waals surface area (Å²) in [4.78, 5) is 11.4. The molecule has 0 saturated heterocycles. The predicted molar refractivity (Wildman–Crippen MR) is 62.2 cm³/mol. The van der Waals surface area contributed by atoms with Crippen LogP contribution in [0.5, 0.6) is 0 Å². The summed E-state index contributed by atoms with van der Waals surface area (Å²) in [6.45, 7) is 0.767. The largest absolute Gasteiger partial charge is 0.380 e. The number of rotatable bonds is 6.